The zero-order valence-electron chi connectivity index (χ0n) is 14.9. The molecule has 0 saturated carbocycles. The minimum absolute atomic E-state index is 0.0234. The lowest BCUT2D eigenvalue weighted by molar-refractivity contribution is 0.415. The minimum Gasteiger partial charge on any atom is -0.497 e. The summed E-state index contributed by atoms with van der Waals surface area (Å²) in [6.07, 6.45) is 0. The Balaban J connectivity index is 1.55. The fraction of sp³-hybridized carbons (Fsp3) is 0.143. The lowest BCUT2D eigenvalue weighted by Gasteiger charge is -2.09. The number of nitrogens with one attached hydrogen (secondary N) is 1. The maximum Gasteiger partial charge on any atom is 0.320 e. The number of methoxy groups -OCH3 is 1. The number of hydrogen-bond donors (Lipinski definition) is 1. The van der Waals surface area contributed by atoms with Crippen molar-refractivity contribution in [1.29, 1.82) is 0 Å². The van der Waals surface area contributed by atoms with E-state index in [2.05, 4.69) is 33.7 Å². The Morgan fingerprint density at radius 3 is 2.48 bits per heavy atom. The summed E-state index contributed by atoms with van der Waals surface area (Å²) in [5.74, 6) is 1.38. The summed E-state index contributed by atoms with van der Waals surface area (Å²) >= 11 is 5.90. The van der Waals surface area contributed by atoms with Gasteiger partial charge in [-0.3, -0.25) is 0 Å². The van der Waals surface area contributed by atoms with Gasteiger partial charge in [-0.15, -0.1) is 5.10 Å². The van der Waals surface area contributed by atoms with Gasteiger partial charge in [0.2, 0.25) is 5.89 Å². The highest BCUT2D eigenvalue weighted by molar-refractivity contribution is 6.30. The average molecular weight is 380 g/mol. The van der Waals surface area contributed by atoms with Crippen molar-refractivity contribution >= 4 is 34.1 Å². The third-order valence-corrected chi connectivity index (χ3v) is 4.73. The topological polar surface area (TPSA) is 60.2 Å². The smallest absolute Gasteiger partial charge is 0.320 e. The van der Waals surface area contributed by atoms with Crippen molar-refractivity contribution in [3.05, 3.63) is 77.1 Å². The van der Waals surface area contributed by atoms with E-state index in [0.717, 1.165) is 27.8 Å². The maximum atomic E-state index is 5.90. The van der Waals surface area contributed by atoms with Crippen LogP contribution in [0.5, 0.6) is 5.75 Å². The number of anilines is 2. The Labute approximate surface area is 161 Å². The molecule has 0 amide bonds. The summed E-state index contributed by atoms with van der Waals surface area (Å²) in [7, 11) is 1.67. The first-order chi connectivity index (χ1) is 13.1. The molecule has 0 saturated heterocycles. The third kappa shape index (κ3) is 3.73. The van der Waals surface area contributed by atoms with Gasteiger partial charge in [-0.25, -0.2) is 0 Å². The number of ether oxygens (including phenoxy) is 1. The van der Waals surface area contributed by atoms with Crippen LogP contribution >= 0.6 is 11.6 Å². The minimum atomic E-state index is -0.0234. The van der Waals surface area contributed by atoms with Crippen LogP contribution in [-0.2, 0) is 0 Å². The monoisotopic (exact) mass is 379 g/mol. The van der Waals surface area contributed by atoms with Gasteiger partial charge in [0.05, 0.1) is 13.0 Å². The molecule has 136 valence electrons. The molecule has 0 aliphatic carbocycles. The van der Waals surface area contributed by atoms with E-state index >= 15 is 0 Å². The predicted octanol–water partition coefficient (Wildman–Crippen LogP) is 5.78. The molecule has 1 N–H and O–H groups in total. The SMILES string of the molecule is COc1ccc2cc(C(C)c3nnc(Nc4ccc(Cl)cc4)o3)ccc2c1. The molecule has 0 spiro atoms. The summed E-state index contributed by atoms with van der Waals surface area (Å²) in [4.78, 5) is 0. The predicted molar refractivity (Wildman–Crippen MR) is 107 cm³/mol. The average Bonchev–Trinajstić information content (AvgIpc) is 3.16. The molecule has 0 aliphatic rings. The van der Waals surface area contributed by atoms with Gasteiger partial charge in [-0.05, 0) is 59.7 Å². The fourth-order valence-electron chi connectivity index (χ4n) is 2.90. The van der Waals surface area contributed by atoms with Crippen molar-refractivity contribution in [3.63, 3.8) is 0 Å². The van der Waals surface area contributed by atoms with Crippen LogP contribution < -0.4 is 10.1 Å². The van der Waals surface area contributed by atoms with E-state index < -0.39 is 0 Å². The van der Waals surface area contributed by atoms with E-state index in [-0.39, 0.29) is 5.92 Å². The zero-order chi connectivity index (χ0) is 18.8. The number of rotatable bonds is 5. The van der Waals surface area contributed by atoms with Crippen LogP contribution in [0.25, 0.3) is 10.8 Å². The van der Waals surface area contributed by atoms with E-state index in [1.165, 1.54) is 0 Å². The number of fused-ring (bicyclic) bond motifs is 1. The van der Waals surface area contributed by atoms with Gasteiger partial charge in [-0.1, -0.05) is 41.0 Å². The second-order valence-corrected chi connectivity index (χ2v) is 6.71. The zero-order valence-corrected chi connectivity index (χ0v) is 15.7. The highest BCUT2D eigenvalue weighted by Crippen LogP contribution is 2.29. The molecule has 27 heavy (non-hydrogen) atoms. The van der Waals surface area contributed by atoms with Crippen LogP contribution in [0.2, 0.25) is 5.02 Å². The van der Waals surface area contributed by atoms with Gasteiger partial charge in [0.15, 0.2) is 0 Å². The van der Waals surface area contributed by atoms with E-state index in [1.54, 1.807) is 19.2 Å². The van der Waals surface area contributed by atoms with Crippen LogP contribution in [-0.4, -0.2) is 17.3 Å². The molecule has 3 aromatic carbocycles. The molecule has 1 unspecified atom stereocenters. The van der Waals surface area contributed by atoms with Crippen molar-refractivity contribution < 1.29 is 9.15 Å². The largest absolute Gasteiger partial charge is 0.497 e. The third-order valence-electron chi connectivity index (χ3n) is 4.48. The molecule has 0 aliphatic heterocycles. The molecule has 6 heteroatoms. The first-order valence-corrected chi connectivity index (χ1v) is 8.94. The lowest BCUT2D eigenvalue weighted by Crippen LogP contribution is -1.96. The second-order valence-electron chi connectivity index (χ2n) is 6.27. The normalized spacial score (nSPS) is 12.1. The van der Waals surface area contributed by atoms with Crippen molar-refractivity contribution in [2.45, 2.75) is 12.8 Å². The van der Waals surface area contributed by atoms with Gasteiger partial charge >= 0.3 is 6.01 Å². The first-order valence-electron chi connectivity index (χ1n) is 8.56. The summed E-state index contributed by atoms with van der Waals surface area (Å²) in [6, 6.07) is 20.0. The van der Waals surface area contributed by atoms with Crippen molar-refractivity contribution in [1.82, 2.24) is 10.2 Å². The van der Waals surface area contributed by atoms with Crippen LogP contribution in [0, 0.1) is 0 Å². The Hall–Kier alpha value is -3.05. The Kier molecular flexibility index (Phi) is 4.69. The van der Waals surface area contributed by atoms with Gasteiger partial charge in [-0.2, -0.15) is 0 Å². The van der Waals surface area contributed by atoms with Crippen LogP contribution in [0.3, 0.4) is 0 Å². The van der Waals surface area contributed by atoms with E-state index in [1.807, 2.05) is 37.3 Å². The molecule has 0 bridgehead atoms. The molecule has 1 atom stereocenters. The summed E-state index contributed by atoms with van der Waals surface area (Å²) in [5, 5.41) is 14.3. The standard InChI is InChI=1S/C21H18ClN3O2/c1-13(14-3-4-16-12-19(26-2)10-5-15(16)11-14)20-24-25-21(27-20)23-18-8-6-17(22)7-9-18/h3-13H,1-2H3,(H,23,25). The van der Waals surface area contributed by atoms with Crippen molar-refractivity contribution in [3.8, 4) is 5.75 Å². The number of halogens is 1. The molecule has 1 aromatic heterocycles. The maximum absolute atomic E-state index is 5.90. The van der Waals surface area contributed by atoms with Crippen molar-refractivity contribution in [2.75, 3.05) is 12.4 Å². The molecule has 4 aromatic rings. The van der Waals surface area contributed by atoms with Crippen LogP contribution in [0.4, 0.5) is 11.7 Å². The molecular weight excluding hydrogens is 362 g/mol. The van der Waals surface area contributed by atoms with Crippen LogP contribution in [0.1, 0.15) is 24.3 Å². The molecule has 0 fully saturated rings. The summed E-state index contributed by atoms with van der Waals surface area (Å²) in [5.41, 5.74) is 1.94. The first kappa shape index (κ1) is 17.4. The number of hydrogen-bond acceptors (Lipinski definition) is 5. The molecular formula is C21H18ClN3O2. The van der Waals surface area contributed by atoms with E-state index in [9.17, 15) is 0 Å². The molecule has 1 heterocycles. The van der Waals surface area contributed by atoms with Crippen LogP contribution in [0.15, 0.2) is 65.1 Å². The lowest BCUT2D eigenvalue weighted by atomic mass is 9.97. The summed E-state index contributed by atoms with van der Waals surface area (Å²) < 4.78 is 11.1. The molecule has 0 radical (unpaired) electrons. The van der Waals surface area contributed by atoms with Gasteiger partial charge in [0, 0.05) is 10.7 Å². The Morgan fingerprint density at radius 1 is 0.963 bits per heavy atom. The highest BCUT2D eigenvalue weighted by Gasteiger charge is 2.16. The molecule has 4 rings (SSSR count). The number of nitrogens with zero attached hydrogens (tertiary/aromatic N) is 2. The van der Waals surface area contributed by atoms with Gasteiger partial charge in [0.1, 0.15) is 5.75 Å². The molecule has 5 nitrogen and oxygen atoms in total. The van der Waals surface area contributed by atoms with E-state index in [4.69, 9.17) is 20.8 Å². The summed E-state index contributed by atoms with van der Waals surface area (Å²) in [6.45, 7) is 2.05. The van der Waals surface area contributed by atoms with Crippen molar-refractivity contribution in [2.24, 2.45) is 0 Å². The Morgan fingerprint density at radius 2 is 1.70 bits per heavy atom. The fourth-order valence-corrected chi connectivity index (χ4v) is 3.02. The number of aromatic nitrogens is 2. The quantitative estimate of drug-likeness (QED) is 0.476. The van der Waals surface area contributed by atoms with Gasteiger partial charge < -0.3 is 14.5 Å². The van der Waals surface area contributed by atoms with E-state index in [0.29, 0.717) is 16.9 Å². The second kappa shape index (κ2) is 7.29. The highest BCUT2D eigenvalue weighted by atomic mass is 35.5. The number of benzene rings is 3. The Bertz CT molecular complexity index is 1080. The van der Waals surface area contributed by atoms with Gasteiger partial charge in [0.25, 0.3) is 0 Å².